The van der Waals surface area contributed by atoms with Crippen LogP contribution in [0.3, 0.4) is 0 Å². The molecule has 100 valence electrons. The van der Waals surface area contributed by atoms with Gasteiger partial charge in [-0.3, -0.25) is 4.79 Å². The van der Waals surface area contributed by atoms with Gasteiger partial charge in [-0.15, -0.1) is 0 Å². The standard InChI is InChI=1S/C15H17NO3/c1-10-5-6-12(8-11(10)2)15(18)16-9-13(17)14-4-3-7-19-14/h3-8,13,17H,9H2,1-2H3,(H,16,18). The molecule has 0 saturated carbocycles. The second-order valence-electron chi connectivity index (χ2n) is 4.54. The van der Waals surface area contributed by atoms with Gasteiger partial charge in [0.25, 0.3) is 5.91 Å². The number of aliphatic hydroxyl groups is 1. The Labute approximate surface area is 112 Å². The number of aryl methyl sites for hydroxylation is 2. The van der Waals surface area contributed by atoms with E-state index in [0.29, 0.717) is 11.3 Å². The van der Waals surface area contributed by atoms with Gasteiger partial charge >= 0.3 is 0 Å². The average molecular weight is 259 g/mol. The van der Waals surface area contributed by atoms with Crippen LogP contribution >= 0.6 is 0 Å². The molecule has 4 heteroatoms. The van der Waals surface area contributed by atoms with Gasteiger partial charge in [-0.2, -0.15) is 0 Å². The molecule has 0 aliphatic carbocycles. The number of nitrogens with one attached hydrogen (secondary N) is 1. The van der Waals surface area contributed by atoms with Crippen LogP contribution < -0.4 is 5.32 Å². The molecular formula is C15H17NO3. The van der Waals surface area contributed by atoms with Crippen molar-refractivity contribution in [3.8, 4) is 0 Å². The highest BCUT2D eigenvalue weighted by molar-refractivity contribution is 5.94. The second-order valence-corrected chi connectivity index (χ2v) is 4.54. The molecular weight excluding hydrogens is 242 g/mol. The normalized spacial score (nSPS) is 12.2. The number of hydrogen-bond donors (Lipinski definition) is 2. The molecule has 1 heterocycles. The molecule has 2 aromatic rings. The maximum absolute atomic E-state index is 11.9. The van der Waals surface area contributed by atoms with Gasteiger partial charge in [0.1, 0.15) is 11.9 Å². The van der Waals surface area contributed by atoms with Crippen molar-refractivity contribution in [2.45, 2.75) is 20.0 Å². The van der Waals surface area contributed by atoms with Gasteiger partial charge in [0, 0.05) is 5.56 Å². The zero-order chi connectivity index (χ0) is 13.8. The minimum absolute atomic E-state index is 0.124. The fourth-order valence-electron chi connectivity index (χ4n) is 1.76. The third kappa shape index (κ3) is 3.23. The molecule has 0 fully saturated rings. The van der Waals surface area contributed by atoms with Crippen LogP contribution in [0.5, 0.6) is 0 Å². The lowest BCUT2D eigenvalue weighted by Crippen LogP contribution is -2.28. The maximum atomic E-state index is 11.9. The Balaban J connectivity index is 1.96. The molecule has 0 bridgehead atoms. The Morgan fingerprint density at radius 2 is 2.11 bits per heavy atom. The molecule has 1 unspecified atom stereocenters. The Bertz CT molecular complexity index is 561. The molecule has 1 aromatic heterocycles. The van der Waals surface area contributed by atoms with Gasteiger partial charge in [-0.1, -0.05) is 6.07 Å². The van der Waals surface area contributed by atoms with E-state index in [0.717, 1.165) is 11.1 Å². The first-order valence-corrected chi connectivity index (χ1v) is 6.15. The Kier molecular flexibility index (Phi) is 4.02. The number of rotatable bonds is 4. The minimum atomic E-state index is -0.828. The van der Waals surface area contributed by atoms with Crippen molar-refractivity contribution in [2.75, 3.05) is 6.54 Å². The summed E-state index contributed by atoms with van der Waals surface area (Å²) in [6.45, 7) is 4.08. The quantitative estimate of drug-likeness (QED) is 0.886. The summed E-state index contributed by atoms with van der Waals surface area (Å²) in [6.07, 6.45) is 0.662. The van der Waals surface area contributed by atoms with Crippen LogP contribution in [0.1, 0.15) is 33.3 Å². The third-order valence-corrected chi connectivity index (χ3v) is 3.10. The SMILES string of the molecule is Cc1ccc(C(=O)NCC(O)c2ccco2)cc1C. The van der Waals surface area contributed by atoms with Crippen LogP contribution in [-0.2, 0) is 0 Å². The van der Waals surface area contributed by atoms with E-state index in [1.54, 1.807) is 18.2 Å². The zero-order valence-electron chi connectivity index (χ0n) is 11.0. The Morgan fingerprint density at radius 1 is 1.32 bits per heavy atom. The first kappa shape index (κ1) is 13.4. The van der Waals surface area contributed by atoms with Gasteiger partial charge < -0.3 is 14.8 Å². The fraction of sp³-hybridized carbons (Fsp3) is 0.267. The molecule has 0 aliphatic heterocycles. The van der Waals surface area contributed by atoms with Gasteiger partial charge in [-0.05, 0) is 49.2 Å². The molecule has 0 aliphatic rings. The monoisotopic (exact) mass is 259 g/mol. The summed E-state index contributed by atoms with van der Waals surface area (Å²) in [5.41, 5.74) is 2.81. The van der Waals surface area contributed by atoms with Crippen molar-refractivity contribution in [3.63, 3.8) is 0 Å². The van der Waals surface area contributed by atoms with E-state index in [9.17, 15) is 9.90 Å². The molecule has 0 radical (unpaired) electrons. The minimum Gasteiger partial charge on any atom is -0.467 e. The Morgan fingerprint density at radius 3 is 2.74 bits per heavy atom. The molecule has 0 saturated heterocycles. The molecule has 1 amide bonds. The van der Waals surface area contributed by atoms with Crippen LogP contribution in [0.15, 0.2) is 41.0 Å². The highest BCUT2D eigenvalue weighted by Gasteiger charge is 2.13. The molecule has 4 nitrogen and oxygen atoms in total. The van der Waals surface area contributed by atoms with Crippen LogP contribution in [0.4, 0.5) is 0 Å². The first-order chi connectivity index (χ1) is 9.08. The van der Waals surface area contributed by atoms with Crippen molar-refractivity contribution in [3.05, 3.63) is 59.0 Å². The number of amides is 1. The predicted octanol–water partition coefficient (Wildman–Crippen LogP) is 2.36. The lowest BCUT2D eigenvalue weighted by atomic mass is 10.1. The number of carbonyl (C=O) groups excluding carboxylic acids is 1. The van der Waals surface area contributed by atoms with Crippen LogP contribution in [0, 0.1) is 13.8 Å². The molecule has 2 rings (SSSR count). The van der Waals surface area contributed by atoms with E-state index < -0.39 is 6.10 Å². The number of aliphatic hydroxyl groups excluding tert-OH is 1. The predicted molar refractivity (Wildman–Crippen MR) is 71.9 cm³/mol. The van der Waals surface area contributed by atoms with E-state index in [1.807, 2.05) is 26.0 Å². The smallest absolute Gasteiger partial charge is 0.251 e. The topological polar surface area (TPSA) is 62.5 Å². The van der Waals surface area contributed by atoms with E-state index in [4.69, 9.17) is 4.42 Å². The van der Waals surface area contributed by atoms with Gasteiger partial charge in [-0.25, -0.2) is 0 Å². The number of hydrogen-bond acceptors (Lipinski definition) is 3. The summed E-state index contributed by atoms with van der Waals surface area (Å²) in [4.78, 5) is 11.9. The van der Waals surface area contributed by atoms with E-state index in [2.05, 4.69) is 5.32 Å². The molecule has 19 heavy (non-hydrogen) atoms. The van der Waals surface area contributed by atoms with Crippen molar-refractivity contribution in [1.82, 2.24) is 5.32 Å². The van der Waals surface area contributed by atoms with Gasteiger partial charge in [0.2, 0.25) is 0 Å². The summed E-state index contributed by atoms with van der Waals surface area (Å²) < 4.78 is 5.07. The number of carbonyl (C=O) groups is 1. The summed E-state index contributed by atoms with van der Waals surface area (Å²) >= 11 is 0. The number of furan rings is 1. The summed E-state index contributed by atoms with van der Waals surface area (Å²) in [6, 6.07) is 8.89. The van der Waals surface area contributed by atoms with Gasteiger partial charge in [0.05, 0.1) is 12.8 Å². The largest absolute Gasteiger partial charge is 0.467 e. The maximum Gasteiger partial charge on any atom is 0.251 e. The molecule has 1 aromatic carbocycles. The fourth-order valence-corrected chi connectivity index (χ4v) is 1.76. The van der Waals surface area contributed by atoms with E-state index >= 15 is 0 Å². The van der Waals surface area contributed by atoms with Crippen molar-refractivity contribution in [2.24, 2.45) is 0 Å². The zero-order valence-corrected chi connectivity index (χ0v) is 11.0. The van der Waals surface area contributed by atoms with Crippen molar-refractivity contribution < 1.29 is 14.3 Å². The van der Waals surface area contributed by atoms with Crippen molar-refractivity contribution in [1.29, 1.82) is 0 Å². The molecule has 0 spiro atoms. The molecule has 2 N–H and O–H groups in total. The van der Waals surface area contributed by atoms with Crippen LogP contribution in [-0.4, -0.2) is 17.6 Å². The highest BCUT2D eigenvalue weighted by atomic mass is 16.4. The van der Waals surface area contributed by atoms with Crippen LogP contribution in [0.2, 0.25) is 0 Å². The highest BCUT2D eigenvalue weighted by Crippen LogP contribution is 2.13. The third-order valence-electron chi connectivity index (χ3n) is 3.10. The van der Waals surface area contributed by atoms with E-state index in [-0.39, 0.29) is 12.5 Å². The van der Waals surface area contributed by atoms with E-state index in [1.165, 1.54) is 6.26 Å². The van der Waals surface area contributed by atoms with Gasteiger partial charge in [0.15, 0.2) is 0 Å². The summed E-state index contributed by atoms with van der Waals surface area (Å²) in [5.74, 6) is 0.245. The molecule has 1 atom stereocenters. The Hall–Kier alpha value is -2.07. The number of benzene rings is 1. The second kappa shape index (κ2) is 5.71. The first-order valence-electron chi connectivity index (χ1n) is 6.15. The summed E-state index contributed by atoms with van der Waals surface area (Å²) in [7, 11) is 0. The van der Waals surface area contributed by atoms with Crippen LogP contribution in [0.25, 0.3) is 0 Å². The van der Waals surface area contributed by atoms with Crippen molar-refractivity contribution >= 4 is 5.91 Å². The summed E-state index contributed by atoms with van der Waals surface area (Å²) in [5, 5.41) is 12.5. The average Bonchev–Trinajstić information content (AvgIpc) is 2.92. The lowest BCUT2D eigenvalue weighted by molar-refractivity contribution is 0.0901. The lowest BCUT2D eigenvalue weighted by Gasteiger charge is -2.10.